The van der Waals surface area contributed by atoms with Gasteiger partial charge in [0.1, 0.15) is 11.8 Å². The van der Waals surface area contributed by atoms with Crippen molar-refractivity contribution in [1.82, 2.24) is 5.32 Å². The van der Waals surface area contributed by atoms with Crippen LogP contribution in [0.3, 0.4) is 0 Å². The molecule has 0 amide bonds. The van der Waals surface area contributed by atoms with Crippen LogP contribution in [0.5, 0.6) is 5.75 Å². The molecule has 0 saturated heterocycles. The summed E-state index contributed by atoms with van der Waals surface area (Å²) in [6.45, 7) is 5.23. The zero-order chi connectivity index (χ0) is 14.1. The average molecular weight is 265 g/mol. The van der Waals surface area contributed by atoms with Crippen LogP contribution in [0.4, 0.5) is 0 Å². The Morgan fingerprint density at radius 1 is 1.32 bits per heavy atom. The van der Waals surface area contributed by atoms with E-state index in [-0.39, 0.29) is 0 Å². The molecule has 2 N–H and O–H groups in total. The van der Waals surface area contributed by atoms with Crippen LogP contribution >= 0.6 is 0 Å². The van der Waals surface area contributed by atoms with Crippen LogP contribution in [-0.2, 0) is 11.2 Å². The number of carbonyl (C=O) groups is 1. The molecule has 0 bridgehead atoms. The van der Waals surface area contributed by atoms with E-state index in [0.717, 1.165) is 18.6 Å². The molecule has 1 unspecified atom stereocenters. The summed E-state index contributed by atoms with van der Waals surface area (Å²) in [5.74, 6) is -0.0322. The number of nitrogens with one attached hydrogen (secondary N) is 1. The largest absolute Gasteiger partial charge is 0.494 e. The lowest BCUT2D eigenvalue weighted by molar-refractivity contribution is -0.139. The lowest BCUT2D eigenvalue weighted by Gasteiger charge is -2.14. The van der Waals surface area contributed by atoms with Crippen LogP contribution < -0.4 is 10.1 Å². The van der Waals surface area contributed by atoms with Crippen molar-refractivity contribution < 1.29 is 14.6 Å². The van der Waals surface area contributed by atoms with Gasteiger partial charge in [-0.2, -0.15) is 0 Å². The van der Waals surface area contributed by atoms with E-state index in [9.17, 15) is 4.79 Å². The van der Waals surface area contributed by atoms with E-state index in [4.69, 9.17) is 9.84 Å². The summed E-state index contributed by atoms with van der Waals surface area (Å²) in [5.41, 5.74) is 1.26. The van der Waals surface area contributed by atoms with Crippen molar-refractivity contribution in [2.45, 2.75) is 39.2 Å². The molecule has 0 fully saturated rings. The van der Waals surface area contributed by atoms with Gasteiger partial charge in [-0.25, -0.2) is 0 Å². The molecule has 1 atom stereocenters. The zero-order valence-corrected chi connectivity index (χ0v) is 11.7. The molecule has 0 heterocycles. The summed E-state index contributed by atoms with van der Waals surface area (Å²) in [7, 11) is 0. The number of benzene rings is 1. The maximum Gasteiger partial charge on any atom is 0.320 e. The van der Waals surface area contributed by atoms with E-state index < -0.39 is 12.0 Å². The molecule has 0 aromatic heterocycles. The molecule has 4 nitrogen and oxygen atoms in total. The number of aliphatic carboxylic acids is 1. The third kappa shape index (κ3) is 5.75. The maximum absolute atomic E-state index is 11.0. The predicted octanol–water partition coefficient (Wildman–Crippen LogP) is 2.47. The molecule has 0 spiro atoms. The standard InChI is InChI=1S/C15H23NO3/c1-3-10-16-14(15(17)18)9-11-19-13-7-5-12(4-2)6-8-13/h5-8,14,16H,3-4,9-11H2,1-2H3,(H,17,18). The molecule has 0 aliphatic rings. The fraction of sp³-hybridized carbons (Fsp3) is 0.533. The highest BCUT2D eigenvalue weighted by Crippen LogP contribution is 2.13. The van der Waals surface area contributed by atoms with Crippen molar-refractivity contribution in [2.75, 3.05) is 13.2 Å². The molecule has 0 saturated carbocycles. The quantitative estimate of drug-likeness (QED) is 0.720. The third-order valence-corrected chi connectivity index (χ3v) is 2.95. The molecular weight excluding hydrogens is 242 g/mol. The predicted molar refractivity (Wildman–Crippen MR) is 75.6 cm³/mol. The lowest BCUT2D eigenvalue weighted by Crippen LogP contribution is -2.38. The fourth-order valence-electron chi connectivity index (χ4n) is 1.75. The van der Waals surface area contributed by atoms with Gasteiger partial charge in [0.05, 0.1) is 6.61 Å². The van der Waals surface area contributed by atoms with Crippen molar-refractivity contribution in [3.05, 3.63) is 29.8 Å². The summed E-state index contributed by atoms with van der Waals surface area (Å²) in [5, 5.41) is 12.0. The van der Waals surface area contributed by atoms with Gasteiger partial charge < -0.3 is 15.2 Å². The minimum absolute atomic E-state index is 0.402. The number of hydrogen-bond donors (Lipinski definition) is 2. The Kier molecular flexibility index (Phi) is 6.97. The minimum atomic E-state index is -0.821. The van der Waals surface area contributed by atoms with E-state index in [0.29, 0.717) is 19.6 Å². The number of rotatable bonds is 9. The van der Waals surface area contributed by atoms with Crippen molar-refractivity contribution >= 4 is 5.97 Å². The second-order valence-electron chi connectivity index (χ2n) is 4.48. The third-order valence-electron chi connectivity index (χ3n) is 2.95. The number of aryl methyl sites for hydroxylation is 1. The van der Waals surface area contributed by atoms with Crippen molar-refractivity contribution in [1.29, 1.82) is 0 Å². The molecule has 0 aliphatic carbocycles. The molecule has 106 valence electrons. The van der Waals surface area contributed by atoms with Crippen LogP contribution in [0, 0.1) is 0 Å². The smallest absolute Gasteiger partial charge is 0.320 e. The lowest BCUT2D eigenvalue weighted by atomic mass is 10.2. The Bertz CT molecular complexity index is 375. The topological polar surface area (TPSA) is 58.6 Å². The molecular formula is C15H23NO3. The summed E-state index contributed by atoms with van der Waals surface area (Å²) >= 11 is 0. The monoisotopic (exact) mass is 265 g/mol. The van der Waals surface area contributed by atoms with Crippen molar-refractivity contribution in [3.63, 3.8) is 0 Å². The van der Waals surface area contributed by atoms with Crippen molar-refractivity contribution in [2.24, 2.45) is 0 Å². The van der Waals surface area contributed by atoms with E-state index in [1.807, 2.05) is 31.2 Å². The number of hydrogen-bond acceptors (Lipinski definition) is 3. The Morgan fingerprint density at radius 2 is 2.00 bits per heavy atom. The molecule has 1 aromatic rings. The first kappa shape index (κ1) is 15.5. The summed E-state index contributed by atoms with van der Waals surface area (Å²) in [4.78, 5) is 11.0. The number of carboxylic acids is 1. The average Bonchev–Trinajstić information content (AvgIpc) is 2.43. The van der Waals surface area contributed by atoms with E-state index in [1.54, 1.807) is 0 Å². The van der Waals surface area contributed by atoms with Crippen LogP contribution in [0.15, 0.2) is 24.3 Å². The van der Waals surface area contributed by atoms with Crippen LogP contribution in [0.2, 0.25) is 0 Å². The molecule has 0 radical (unpaired) electrons. The van der Waals surface area contributed by atoms with Gasteiger partial charge in [0.2, 0.25) is 0 Å². The summed E-state index contributed by atoms with van der Waals surface area (Å²) in [6.07, 6.45) is 2.39. The Hall–Kier alpha value is -1.55. The van der Waals surface area contributed by atoms with Gasteiger partial charge in [0.15, 0.2) is 0 Å². The van der Waals surface area contributed by atoms with Gasteiger partial charge in [-0.15, -0.1) is 0 Å². The summed E-state index contributed by atoms with van der Waals surface area (Å²) < 4.78 is 5.56. The highest BCUT2D eigenvalue weighted by atomic mass is 16.5. The molecule has 1 rings (SSSR count). The molecule has 19 heavy (non-hydrogen) atoms. The first-order valence-electron chi connectivity index (χ1n) is 6.85. The van der Waals surface area contributed by atoms with Crippen LogP contribution in [-0.4, -0.2) is 30.3 Å². The van der Waals surface area contributed by atoms with Crippen molar-refractivity contribution in [3.8, 4) is 5.75 Å². The van der Waals surface area contributed by atoms with Crippen LogP contribution in [0.1, 0.15) is 32.3 Å². The van der Waals surface area contributed by atoms with Gasteiger partial charge in [-0.1, -0.05) is 26.0 Å². The van der Waals surface area contributed by atoms with E-state index >= 15 is 0 Å². The van der Waals surface area contributed by atoms with Gasteiger partial charge in [0.25, 0.3) is 0 Å². The van der Waals surface area contributed by atoms with E-state index in [1.165, 1.54) is 5.56 Å². The second kappa shape index (κ2) is 8.53. The normalized spacial score (nSPS) is 12.1. The van der Waals surface area contributed by atoms with Crippen LogP contribution in [0.25, 0.3) is 0 Å². The number of carboxylic acid groups (broad SMARTS) is 1. The van der Waals surface area contributed by atoms with Gasteiger partial charge in [-0.05, 0) is 37.1 Å². The van der Waals surface area contributed by atoms with Gasteiger partial charge in [-0.3, -0.25) is 4.79 Å². The minimum Gasteiger partial charge on any atom is -0.494 e. The van der Waals surface area contributed by atoms with E-state index in [2.05, 4.69) is 12.2 Å². The Balaban J connectivity index is 2.36. The molecule has 4 heteroatoms. The SMILES string of the molecule is CCCNC(CCOc1ccc(CC)cc1)C(=O)O. The first-order chi connectivity index (χ1) is 9.17. The maximum atomic E-state index is 11.0. The van der Waals surface area contributed by atoms with Gasteiger partial charge >= 0.3 is 5.97 Å². The molecule has 1 aromatic carbocycles. The highest BCUT2D eigenvalue weighted by molar-refractivity contribution is 5.73. The Morgan fingerprint density at radius 3 is 2.53 bits per heavy atom. The first-order valence-corrected chi connectivity index (χ1v) is 6.85. The second-order valence-corrected chi connectivity index (χ2v) is 4.48. The zero-order valence-electron chi connectivity index (χ0n) is 11.7. The Labute approximate surface area is 114 Å². The number of ether oxygens (including phenoxy) is 1. The fourth-order valence-corrected chi connectivity index (χ4v) is 1.75. The summed E-state index contributed by atoms with van der Waals surface area (Å²) in [6, 6.07) is 7.37. The van der Waals surface area contributed by atoms with Gasteiger partial charge in [0, 0.05) is 6.42 Å². The molecule has 0 aliphatic heterocycles. The highest BCUT2D eigenvalue weighted by Gasteiger charge is 2.15.